The summed E-state index contributed by atoms with van der Waals surface area (Å²) in [5.41, 5.74) is 4.99. The van der Waals surface area contributed by atoms with E-state index in [1.807, 2.05) is 43.3 Å². The number of amides is 1. The molecule has 0 aliphatic heterocycles. The minimum atomic E-state index is 0.0871. The Labute approximate surface area is 263 Å². The van der Waals surface area contributed by atoms with E-state index in [0.29, 0.717) is 49.4 Å². The van der Waals surface area contributed by atoms with Crippen molar-refractivity contribution in [2.24, 2.45) is 5.92 Å². The lowest BCUT2D eigenvalue weighted by Gasteiger charge is -2.15. The first kappa shape index (κ1) is 32.8. The second-order valence-electron chi connectivity index (χ2n) is 11.8. The standard InChI is InChI=1S/C36H45BN4O3/c1-25(2)19-27-13-15-28(16-14-27)21-35(42)38-17-8-6-5-7-9-18-44-34-23-32-31(22-33(34)43-4)36(41-26(3)40-32)39-24-29-11-10-12-30(37)20-29/h10-16,20,22-23,25H,5-9,17-19,21,24H2,1-4H3,(H,38,42)(H,39,40,41). The Balaban J connectivity index is 1.16. The SMILES string of the molecule is [B]c1cccc(CNc2nc(C)nc3cc(OCCCCCCCNC(=O)Cc4ccc(CC(C)C)cc4)c(OC)cc23)c1. The predicted molar refractivity (Wildman–Crippen MR) is 180 cm³/mol. The number of carbonyl (C=O) groups is 1. The summed E-state index contributed by atoms with van der Waals surface area (Å²) in [4.78, 5) is 21.6. The van der Waals surface area contributed by atoms with Crippen LogP contribution in [0.25, 0.3) is 10.9 Å². The Morgan fingerprint density at radius 3 is 2.39 bits per heavy atom. The Bertz CT molecular complexity index is 1510. The molecule has 8 heteroatoms. The molecular formula is C36H45BN4O3. The van der Waals surface area contributed by atoms with Gasteiger partial charge in [-0.15, -0.1) is 0 Å². The molecule has 4 aromatic rings. The van der Waals surface area contributed by atoms with Crippen molar-refractivity contribution < 1.29 is 14.3 Å². The molecule has 0 fully saturated rings. The van der Waals surface area contributed by atoms with Crippen LogP contribution in [0.1, 0.15) is 68.5 Å². The van der Waals surface area contributed by atoms with Gasteiger partial charge in [-0.3, -0.25) is 4.79 Å². The largest absolute Gasteiger partial charge is 0.493 e. The first-order valence-electron chi connectivity index (χ1n) is 15.7. The van der Waals surface area contributed by atoms with Crippen molar-refractivity contribution in [1.29, 1.82) is 0 Å². The molecule has 3 aromatic carbocycles. The molecule has 1 aromatic heterocycles. The lowest BCUT2D eigenvalue weighted by molar-refractivity contribution is -0.120. The molecule has 44 heavy (non-hydrogen) atoms. The highest BCUT2D eigenvalue weighted by Crippen LogP contribution is 2.34. The summed E-state index contributed by atoms with van der Waals surface area (Å²) >= 11 is 0. The third kappa shape index (κ3) is 10.3. The molecule has 0 saturated heterocycles. The number of rotatable bonds is 17. The number of nitrogens with zero attached hydrogens (tertiary/aromatic N) is 2. The highest BCUT2D eigenvalue weighted by atomic mass is 16.5. The van der Waals surface area contributed by atoms with Crippen LogP contribution in [0.15, 0.2) is 60.7 Å². The Morgan fingerprint density at radius 2 is 1.64 bits per heavy atom. The van der Waals surface area contributed by atoms with Gasteiger partial charge in [0.2, 0.25) is 5.91 Å². The second-order valence-corrected chi connectivity index (χ2v) is 11.8. The van der Waals surface area contributed by atoms with E-state index in [2.05, 4.69) is 58.7 Å². The summed E-state index contributed by atoms with van der Waals surface area (Å²) in [6, 6.07) is 20.1. The van der Waals surface area contributed by atoms with Gasteiger partial charge in [0.05, 0.1) is 25.7 Å². The monoisotopic (exact) mass is 592 g/mol. The zero-order valence-electron chi connectivity index (χ0n) is 26.6. The number of anilines is 1. The Kier molecular flexibility index (Phi) is 12.5. The van der Waals surface area contributed by atoms with Gasteiger partial charge in [-0.1, -0.05) is 87.1 Å². The van der Waals surface area contributed by atoms with Crippen LogP contribution < -0.4 is 25.6 Å². The molecule has 0 spiro atoms. The van der Waals surface area contributed by atoms with Crippen molar-refractivity contribution in [1.82, 2.24) is 15.3 Å². The quantitative estimate of drug-likeness (QED) is 0.112. The van der Waals surface area contributed by atoms with E-state index in [1.165, 1.54) is 5.56 Å². The molecule has 0 saturated carbocycles. The molecular weight excluding hydrogens is 547 g/mol. The smallest absolute Gasteiger partial charge is 0.224 e. The lowest BCUT2D eigenvalue weighted by atomic mass is 9.94. The number of aryl methyl sites for hydroxylation is 1. The fraction of sp³-hybridized carbons (Fsp3) is 0.417. The van der Waals surface area contributed by atoms with Gasteiger partial charge in [0.15, 0.2) is 11.5 Å². The van der Waals surface area contributed by atoms with E-state index < -0.39 is 0 Å². The molecule has 0 aliphatic carbocycles. The van der Waals surface area contributed by atoms with Gasteiger partial charge in [-0.05, 0) is 54.9 Å². The van der Waals surface area contributed by atoms with Crippen LogP contribution in [0.2, 0.25) is 0 Å². The minimum Gasteiger partial charge on any atom is -0.493 e. The average molecular weight is 593 g/mol. The van der Waals surface area contributed by atoms with Crippen LogP contribution in [0, 0.1) is 12.8 Å². The van der Waals surface area contributed by atoms with Gasteiger partial charge in [0.25, 0.3) is 0 Å². The first-order chi connectivity index (χ1) is 21.3. The van der Waals surface area contributed by atoms with Gasteiger partial charge < -0.3 is 20.1 Å². The fourth-order valence-corrected chi connectivity index (χ4v) is 5.23. The zero-order valence-corrected chi connectivity index (χ0v) is 26.6. The average Bonchev–Trinajstić information content (AvgIpc) is 2.99. The molecule has 230 valence electrons. The van der Waals surface area contributed by atoms with Crippen molar-refractivity contribution >= 4 is 35.9 Å². The zero-order chi connectivity index (χ0) is 31.3. The second kappa shape index (κ2) is 16.7. The maximum atomic E-state index is 12.3. The Hall–Kier alpha value is -4.07. The van der Waals surface area contributed by atoms with Crippen molar-refractivity contribution in [3.05, 3.63) is 83.2 Å². The van der Waals surface area contributed by atoms with Gasteiger partial charge in [-0.25, -0.2) is 9.97 Å². The van der Waals surface area contributed by atoms with E-state index in [-0.39, 0.29) is 5.91 Å². The third-order valence-corrected chi connectivity index (χ3v) is 7.44. The summed E-state index contributed by atoms with van der Waals surface area (Å²) < 4.78 is 11.8. The molecule has 0 bridgehead atoms. The number of unbranched alkanes of at least 4 members (excludes halogenated alkanes) is 4. The summed E-state index contributed by atoms with van der Waals surface area (Å²) in [5.74, 6) is 3.47. The maximum absolute atomic E-state index is 12.3. The van der Waals surface area contributed by atoms with E-state index >= 15 is 0 Å². The first-order valence-corrected chi connectivity index (χ1v) is 15.7. The topological polar surface area (TPSA) is 85.4 Å². The molecule has 4 rings (SSSR count). The van der Waals surface area contributed by atoms with Gasteiger partial charge in [0, 0.05) is 24.5 Å². The molecule has 0 aliphatic rings. The van der Waals surface area contributed by atoms with Gasteiger partial charge in [0.1, 0.15) is 19.5 Å². The number of aromatic nitrogens is 2. The van der Waals surface area contributed by atoms with Crippen molar-refractivity contribution in [2.75, 3.05) is 25.6 Å². The summed E-state index contributed by atoms with van der Waals surface area (Å²) in [7, 11) is 7.57. The predicted octanol–water partition coefficient (Wildman–Crippen LogP) is 6.24. The number of ether oxygens (including phenoxy) is 2. The van der Waals surface area contributed by atoms with Crippen LogP contribution >= 0.6 is 0 Å². The molecule has 1 heterocycles. The van der Waals surface area contributed by atoms with Crippen LogP contribution in [0.3, 0.4) is 0 Å². The number of carbonyl (C=O) groups excluding carboxylic acids is 1. The highest BCUT2D eigenvalue weighted by molar-refractivity contribution is 6.32. The summed E-state index contributed by atoms with van der Waals surface area (Å²) in [6.07, 6.45) is 6.65. The number of hydrogen-bond donors (Lipinski definition) is 2. The highest BCUT2D eigenvalue weighted by Gasteiger charge is 2.13. The molecule has 0 atom stereocenters. The van der Waals surface area contributed by atoms with E-state index in [1.54, 1.807) is 7.11 Å². The molecule has 1 amide bonds. The van der Waals surface area contributed by atoms with E-state index in [4.69, 9.17) is 17.3 Å². The lowest BCUT2D eigenvalue weighted by Crippen LogP contribution is -2.26. The summed E-state index contributed by atoms with van der Waals surface area (Å²) in [6.45, 7) is 8.22. The molecule has 2 N–H and O–H groups in total. The van der Waals surface area contributed by atoms with E-state index in [9.17, 15) is 4.79 Å². The minimum absolute atomic E-state index is 0.0871. The van der Waals surface area contributed by atoms with Crippen molar-refractivity contribution in [3.8, 4) is 11.5 Å². The van der Waals surface area contributed by atoms with Crippen LogP contribution in [0.4, 0.5) is 5.82 Å². The molecule has 2 radical (unpaired) electrons. The number of hydrogen-bond acceptors (Lipinski definition) is 6. The molecule has 0 unspecified atom stereocenters. The maximum Gasteiger partial charge on any atom is 0.224 e. The number of benzene rings is 3. The van der Waals surface area contributed by atoms with Crippen LogP contribution in [-0.2, 0) is 24.2 Å². The van der Waals surface area contributed by atoms with E-state index in [0.717, 1.165) is 71.8 Å². The Morgan fingerprint density at radius 1 is 0.886 bits per heavy atom. The number of methoxy groups -OCH3 is 1. The van der Waals surface area contributed by atoms with Crippen molar-refractivity contribution in [2.45, 2.75) is 72.3 Å². The summed E-state index contributed by atoms with van der Waals surface area (Å²) in [5, 5.41) is 7.35. The van der Waals surface area contributed by atoms with Gasteiger partial charge in [-0.2, -0.15) is 0 Å². The number of fused-ring (bicyclic) bond motifs is 1. The third-order valence-electron chi connectivity index (χ3n) is 7.44. The normalized spacial score (nSPS) is 11.1. The van der Waals surface area contributed by atoms with Gasteiger partial charge >= 0.3 is 0 Å². The van der Waals surface area contributed by atoms with Crippen molar-refractivity contribution in [3.63, 3.8) is 0 Å². The van der Waals surface area contributed by atoms with Crippen LogP contribution in [0.5, 0.6) is 11.5 Å². The molecule has 7 nitrogen and oxygen atoms in total. The number of nitrogens with one attached hydrogen (secondary N) is 2. The fourth-order valence-electron chi connectivity index (χ4n) is 5.23. The van der Waals surface area contributed by atoms with Crippen LogP contribution in [-0.4, -0.2) is 44.0 Å².